The van der Waals surface area contributed by atoms with Crippen molar-refractivity contribution in [1.29, 1.82) is 0 Å². The van der Waals surface area contributed by atoms with E-state index >= 15 is 0 Å². The van der Waals surface area contributed by atoms with Crippen molar-refractivity contribution in [2.45, 2.75) is 18.2 Å². The normalized spacial score (nSPS) is 17.3. The summed E-state index contributed by atoms with van der Waals surface area (Å²) in [4.78, 5) is 14.7. The van der Waals surface area contributed by atoms with Crippen molar-refractivity contribution in [1.82, 2.24) is 4.90 Å². The molecule has 1 fully saturated rings. The number of carbonyl (C=O) groups is 1. The molecule has 3 rings (SSSR count). The Bertz CT molecular complexity index is 895. The van der Waals surface area contributed by atoms with Gasteiger partial charge in [-0.25, -0.2) is 8.42 Å². The highest BCUT2D eigenvalue weighted by Crippen LogP contribution is 2.24. The Morgan fingerprint density at radius 1 is 1.19 bits per heavy atom. The lowest BCUT2D eigenvalue weighted by molar-refractivity contribution is 0.0788. The van der Waals surface area contributed by atoms with E-state index in [-0.39, 0.29) is 16.5 Å². The number of anilines is 1. The lowest BCUT2D eigenvalue weighted by atomic mass is 10.1. The molecule has 0 spiro atoms. The van der Waals surface area contributed by atoms with Gasteiger partial charge in [-0.05, 0) is 50.1 Å². The molecule has 1 amide bonds. The second kappa shape index (κ2) is 7.47. The Morgan fingerprint density at radius 2 is 1.88 bits per heavy atom. The summed E-state index contributed by atoms with van der Waals surface area (Å²) in [5.41, 5.74) is 7.30. The van der Waals surface area contributed by atoms with Gasteiger partial charge in [0.2, 0.25) is 0 Å². The molecular formula is C19H23N3O3S. The van der Waals surface area contributed by atoms with Crippen LogP contribution in [0, 0.1) is 12.8 Å². The van der Waals surface area contributed by atoms with E-state index in [1.165, 1.54) is 0 Å². The Morgan fingerprint density at radius 3 is 2.54 bits per heavy atom. The lowest BCUT2D eigenvalue weighted by Crippen LogP contribution is -2.30. The average Bonchev–Trinajstić information content (AvgIpc) is 3.11. The number of nitrogens with one attached hydrogen (secondary N) is 1. The van der Waals surface area contributed by atoms with Gasteiger partial charge in [-0.2, -0.15) is 0 Å². The van der Waals surface area contributed by atoms with Crippen LogP contribution in [0.3, 0.4) is 0 Å². The van der Waals surface area contributed by atoms with Gasteiger partial charge < -0.3 is 10.6 Å². The van der Waals surface area contributed by atoms with Crippen LogP contribution in [0.5, 0.6) is 0 Å². The van der Waals surface area contributed by atoms with Gasteiger partial charge in [-0.15, -0.1) is 0 Å². The fourth-order valence-corrected chi connectivity index (χ4v) is 4.14. The number of nitrogens with zero attached hydrogens (tertiary/aromatic N) is 1. The largest absolute Gasteiger partial charge is 0.338 e. The fraction of sp³-hybridized carbons (Fsp3) is 0.316. The first-order valence-corrected chi connectivity index (χ1v) is 10.1. The Balaban J connectivity index is 1.85. The number of hydrogen-bond donors (Lipinski definition) is 2. The van der Waals surface area contributed by atoms with Crippen molar-refractivity contribution in [3.05, 3.63) is 59.7 Å². The number of sulfonamides is 1. The van der Waals surface area contributed by atoms with Crippen molar-refractivity contribution < 1.29 is 13.2 Å². The Kier molecular flexibility index (Phi) is 5.29. The molecule has 1 aliphatic rings. The summed E-state index contributed by atoms with van der Waals surface area (Å²) in [5, 5.41) is 0. The van der Waals surface area contributed by atoms with Gasteiger partial charge in [-0.1, -0.05) is 29.8 Å². The number of likely N-dealkylation sites (tertiary alicyclic amines) is 1. The fourth-order valence-electron chi connectivity index (χ4n) is 3.06. The first-order valence-electron chi connectivity index (χ1n) is 8.58. The maximum absolute atomic E-state index is 12.8. The smallest absolute Gasteiger partial charge is 0.261 e. The van der Waals surface area contributed by atoms with Gasteiger partial charge in [-0.3, -0.25) is 9.52 Å². The summed E-state index contributed by atoms with van der Waals surface area (Å²) in [7, 11) is -3.77. The summed E-state index contributed by atoms with van der Waals surface area (Å²) >= 11 is 0. The van der Waals surface area contributed by atoms with Crippen LogP contribution in [0.25, 0.3) is 0 Å². The molecule has 1 saturated heterocycles. The minimum Gasteiger partial charge on any atom is -0.338 e. The summed E-state index contributed by atoms with van der Waals surface area (Å²) in [6.07, 6.45) is 0.875. The first-order chi connectivity index (χ1) is 12.4. The van der Waals surface area contributed by atoms with E-state index in [9.17, 15) is 13.2 Å². The molecule has 6 nitrogen and oxygen atoms in total. The number of carbonyl (C=O) groups excluding carboxylic acids is 1. The van der Waals surface area contributed by atoms with Crippen LogP contribution in [0.4, 0.5) is 5.69 Å². The van der Waals surface area contributed by atoms with Crippen LogP contribution in [-0.2, 0) is 10.0 Å². The van der Waals surface area contributed by atoms with Crippen LogP contribution in [-0.4, -0.2) is 38.9 Å². The van der Waals surface area contributed by atoms with Crippen LogP contribution in [0.15, 0.2) is 53.4 Å². The number of hydrogen-bond acceptors (Lipinski definition) is 4. The molecule has 26 heavy (non-hydrogen) atoms. The predicted molar refractivity (Wildman–Crippen MR) is 101 cm³/mol. The third kappa shape index (κ3) is 3.89. The van der Waals surface area contributed by atoms with E-state index in [0.717, 1.165) is 12.0 Å². The van der Waals surface area contributed by atoms with E-state index in [1.807, 2.05) is 6.92 Å². The Labute approximate surface area is 154 Å². The number of para-hydroxylation sites is 1. The van der Waals surface area contributed by atoms with Crippen LogP contribution in [0.1, 0.15) is 22.3 Å². The zero-order valence-corrected chi connectivity index (χ0v) is 15.5. The maximum atomic E-state index is 12.8. The molecular weight excluding hydrogens is 350 g/mol. The highest BCUT2D eigenvalue weighted by molar-refractivity contribution is 7.92. The SMILES string of the molecule is Cc1ccc(S(=O)(=O)Nc2ccccc2C(=O)N2CCC(CN)C2)cc1. The standard InChI is InChI=1S/C19H23N3O3S/c1-14-6-8-16(9-7-14)26(24,25)21-18-5-3-2-4-17(18)19(23)22-11-10-15(12-20)13-22/h2-9,15,21H,10-13,20H2,1H3. The quantitative estimate of drug-likeness (QED) is 0.840. The molecule has 2 aromatic carbocycles. The molecule has 1 aliphatic heterocycles. The van der Waals surface area contributed by atoms with Gasteiger partial charge >= 0.3 is 0 Å². The third-order valence-electron chi connectivity index (χ3n) is 4.64. The molecule has 1 unspecified atom stereocenters. The second-order valence-electron chi connectivity index (χ2n) is 6.61. The van der Waals surface area contributed by atoms with E-state index in [1.54, 1.807) is 53.4 Å². The number of rotatable bonds is 5. The minimum absolute atomic E-state index is 0.162. The summed E-state index contributed by atoms with van der Waals surface area (Å²) in [5.74, 6) is 0.124. The molecule has 0 saturated carbocycles. The second-order valence-corrected chi connectivity index (χ2v) is 8.29. The lowest BCUT2D eigenvalue weighted by Gasteiger charge is -2.19. The first kappa shape index (κ1) is 18.4. The molecule has 3 N–H and O–H groups in total. The van der Waals surface area contributed by atoms with Crippen molar-refractivity contribution in [3.8, 4) is 0 Å². The van der Waals surface area contributed by atoms with E-state index in [4.69, 9.17) is 5.73 Å². The van der Waals surface area contributed by atoms with E-state index < -0.39 is 10.0 Å². The molecule has 2 aromatic rings. The molecule has 0 aromatic heterocycles. The van der Waals surface area contributed by atoms with E-state index in [0.29, 0.717) is 31.1 Å². The zero-order chi connectivity index (χ0) is 18.7. The van der Waals surface area contributed by atoms with Crippen molar-refractivity contribution in [3.63, 3.8) is 0 Å². The summed E-state index contributed by atoms with van der Waals surface area (Å²) in [6.45, 7) is 3.68. The number of amides is 1. The third-order valence-corrected chi connectivity index (χ3v) is 6.02. The number of benzene rings is 2. The highest BCUT2D eigenvalue weighted by Gasteiger charge is 2.28. The minimum atomic E-state index is -3.77. The van der Waals surface area contributed by atoms with Gasteiger partial charge in [0.1, 0.15) is 0 Å². The van der Waals surface area contributed by atoms with Crippen molar-refractivity contribution in [2.24, 2.45) is 11.7 Å². The zero-order valence-electron chi connectivity index (χ0n) is 14.7. The summed E-state index contributed by atoms with van der Waals surface area (Å²) < 4.78 is 27.9. The van der Waals surface area contributed by atoms with Crippen LogP contribution >= 0.6 is 0 Å². The Hall–Kier alpha value is -2.38. The molecule has 138 valence electrons. The van der Waals surface area contributed by atoms with Gasteiger partial charge in [0.15, 0.2) is 0 Å². The summed E-state index contributed by atoms with van der Waals surface area (Å²) in [6, 6.07) is 13.3. The number of nitrogens with two attached hydrogens (primary N) is 1. The highest BCUT2D eigenvalue weighted by atomic mass is 32.2. The van der Waals surface area contributed by atoms with Gasteiger partial charge in [0.05, 0.1) is 16.1 Å². The molecule has 1 heterocycles. The van der Waals surface area contributed by atoms with Gasteiger partial charge in [0.25, 0.3) is 15.9 Å². The van der Waals surface area contributed by atoms with Crippen molar-refractivity contribution >= 4 is 21.6 Å². The molecule has 0 radical (unpaired) electrons. The average molecular weight is 373 g/mol. The van der Waals surface area contributed by atoms with E-state index in [2.05, 4.69) is 4.72 Å². The molecule has 0 bridgehead atoms. The molecule has 0 aliphatic carbocycles. The number of aryl methyl sites for hydroxylation is 1. The van der Waals surface area contributed by atoms with Crippen molar-refractivity contribution in [2.75, 3.05) is 24.4 Å². The maximum Gasteiger partial charge on any atom is 0.261 e. The van der Waals surface area contributed by atoms with Crippen LogP contribution < -0.4 is 10.5 Å². The predicted octanol–water partition coefficient (Wildman–Crippen LogP) is 2.22. The monoisotopic (exact) mass is 373 g/mol. The molecule has 7 heteroatoms. The van der Waals surface area contributed by atoms with Gasteiger partial charge in [0, 0.05) is 13.1 Å². The van der Waals surface area contributed by atoms with Crippen LogP contribution in [0.2, 0.25) is 0 Å². The topological polar surface area (TPSA) is 92.5 Å². The molecule has 1 atom stereocenters.